The third-order valence-electron chi connectivity index (χ3n) is 2.24. The fourth-order valence-electron chi connectivity index (χ4n) is 1.41. The Balaban J connectivity index is 2.41. The molecule has 0 aliphatic heterocycles. The molecule has 0 amide bonds. The number of alkyl halides is 3. The summed E-state index contributed by atoms with van der Waals surface area (Å²) < 4.78 is 37.1. The fourth-order valence-corrected chi connectivity index (χ4v) is 2.20. The number of nitrogens with zero attached hydrogens (tertiary/aromatic N) is 1. The monoisotopic (exact) mass is 273 g/mol. The molecule has 18 heavy (non-hydrogen) atoms. The van der Waals surface area contributed by atoms with E-state index in [1.165, 1.54) is 17.6 Å². The molecule has 7 heteroatoms. The van der Waals surface area contributed by atoms with Crippen LogP contribution in [0.5, 0.6) is 0 Å². The molecule has 1 aromatic carbocycles. The minimum atomic E-state index is -4.40. The van der Waals surface area contributed by atoms with E-state index in [9.17, 15) is 18.0 Å². The van der Waals surface area contributed by atoms with Gasteiger partial charge in [-0.2, -0.15) is 13.2 Å². The van der Waals surface area contributed by atoms with Crippen molar-refractivity contribution in [2.45, 2.75) is 6.18 Å². The highest BCUT2D eigenvalue weighted by Gasteiger charge is 2.30. The summed E-state index contributed by atoms with van der Waals surface area (Å²) in [5.41, 5.74) is 0.825. The number of aromatic nitrogens is 1. The zero-order chi connectivity index (χ0) is 13.3. The summed E-state index contributed by atoms with van der Waals surface area (Å²) in [6.07, 6.45) is -4.40. The van der Waals surface area contributed by atoms with E-state index in [0.717, 1.165) is 23.5 Å². The smallest absolute Gasteiger partial charge is 0.416 e. The number of benzene rings is 1. The van der Waals surface area contributed by atoms with E-state index in [0.29, 0.717) is 10.4 Å². The van der Waals surface area contributed by atoms with E-state index in [2.05, 4.69) is 4.98 Å². The van der Waals surface area contributed by atoms with Crippen molar-refractivity contribution in [1.29, 1.82) is 0 Å². The Kier molecular flexibility index (Phi) is 3.08. The molecular weight excluding hydrogens is 267 g/mol. The topological polar surface area (TPSA) is 50.2 Å². The van der Waals surface area contributed by atoms with Crippen LogP contribution >= 0.6 is 11.3 Å². The normalized spacial score (nSPS) is 11.5. The van der Waals surface area contributed by atoms with Crippen molar-refractivity contribution in [3.8, 4) is 10.4 Å². The Hall–Kier alpha value is -1.89. The summed E-state index contributed by atoms with van der Waals surface area (Å²) in [5.74, 6) is -1.20. The number of aromatic carboxylic acids is 1. The molecule has 0 spiro atoms. The first kappa shape index (κ1) is 12.6. The second-order valence-corrected chi connectivity index (χ2v) is 4.27. The molecule has 0 atom stereocenters. The van der Waals surface area contributed by atoms with Gasteiger partial charge in [-0.1, -0.05) is 12.1 Å². The maximum Gasteiger partial charge on any atom is 0.416 e. The molecule has 2 aromatic rings. The lowest BCUT2D eigenvalue weighted by Crippen LogP contribution is -2.04. The van der Waals surface area contributed by atoms with Gasteiger partial charge in [-0.05, 0) is 17.7 Å². The lowest BCUT2D eigenvalue weighted by Gasteiger charge is -2.06. The highest BCUT2D eigenvalue weighted by Crippen LogP contribution is 2.33. The van der Waals surface area contributed by atoms with Gasteiger partial charge in [0.1, 0.15) is 0 Å². The van der Waals surface area contributed by atoms with Crippen molar-refractivity contribution < 1.29 is 23.1 Å². The van der Waals surface area contributed by atoms with Crippen LogP contribution in [-0.4, -0.2) is 16.1 Å². The first-order valence-electron chi connectivity index (χ1n) is 4.74. The van der Waals surface area contributed by atoms with Gasteiger partial charge >= 0.3 is 12.1 Å². The maximum atomic E-state index is 12.4. The summed E-state index contributed by atoms with van der Waals surface area (Å²) in [6, 6.07) is 4.31. The second kappa shape index (κ2) is 4.41. The molecule has 0 saturated heterocycles. The first-order chi connectivity index (χ1) is 8.39. The van der Waals surface area contributed by atoms with Gasteiger partial charge in [-0.25, -0.2) is 9.78 Å². The molecule has 0 bridgehead atoms. The third-order valence-corrected chi connectivity index (χ3v) is 3.12. The van der Waals surface area contributed by atoms with Crippen LogP contribution in [0.4, 0.5) is 13.2 Å². The Morgan fingerprint density at radius 2 is 1.83 bits per heavy atom. The fraction of sp³-hybridized carbons (Fsp3) is 0.0909. The molecule has 3 nitrogen and oxygen atoms in total. The zero-order valence-corrected chi connectivity index (χ0v) is 9.55. The predicted molar refractivity (Wildman–Crippen MR) is 59.5 cm³/mol. The lowest BCUT2D eigenvalue weighted by molar-refractivity contribution is -0.137. The number of halogens is 3. The minimum absolute atomic E-state index is 0.153. The molecule has 1 aromatic heterocycles. The van der Waals surface area contributed by atoms with E-state index in [1.54, 1.807) is 0 Å². The van der Waals surface area contributed by atoms with Crippen LogP contribution in [0.2, 0.25) is 0 Å². The van der Waals surface area contributed by atoms with Crippen LogP contribution in [0.25, 0.3) is 10.4 Å². The van der Waals surface area contributed by atoms with E-state index in [1.807, 2.05) is 0 Å². The number of carboxylic acid groups (broad SMARTS) is 1. The first-order valence-corrected chi connectivity index (χ1v) is 5.62. The summed E-state index contributed by atoms with van der Waals surface area (Å²) in [5, 5.41) is 8.86. The van der Waals surface area contributed by atoms with Crippen LogP contribution in [0.1, 0.15) is 16.1 Å². The van der Waals surface area contributed by atoms with Gasteiger partial charge in [0.2, 0.25) is 0 Å². The summed E-state index contributed by atoms with van der Waals surface area (Å²) in [6.45, 7) is 0. The molecule has 2 rings (SSSR count). The molecule has 1 heterocycles. The second-order valence-electron chi connectivity index (χ2n) is 3.41. The van der Waals surface area contributed by atoms with Crippen LogP contribution < -0.4 is 0 Å². The number of carbonyl (C=O) groups is 1. The third kappa shape index (κ3) is 2.35. The largest absolute Gasteiger partial charge is 0.476 e. The number of thiazole rings is 1. The van der Waals surface area contributed by atoms with Crippen molar-refractivity contribution in [3.05, 3.63) is 41.0 Å². The molecule has 0 saturated carbocycles. The Bertz CT molecular complexity index is 575. The Labute approximate surface area is 104 Å². The molecule has 0 fully saturated rings. The number of hydrogen-bond acceptors (Lipinski definition) is 3. The molecule has 1 N–H and O–H groups in total. The van der Waals surface area contributed by atoms with Gasteiger partial charge in [0.25, 0.3) is 0 Å². The number of carboxylic acids is 1. The number of rotatable bonds is 2. The van der Waals surface area contributed by atoms with E-state index < -0.39 is 17.7 Å². The molecule has 94 valence electrons. The lowest BCUT2D eigenvalue weighted by atomic mass is 10.1. The predicted octanol–water partition coefficient (Wildman–Crippen LogP) is 3.53. The Morgan fingerprint density at radius 1 is 1.22 bits per heavy atom. The van der Waals surface area contributed by atoms with Gasteiger partial charge < -0.3 is 5.11 Å². The van der Waals surface area contributed by atoms with Crippen molar-refractivity contribution in [2.75, 3.05) is 0 Å². The van der Waals surface area contributed by atoms with E-state index in [4.69, 9.17) is 5.11 Å². The van der Waals surface area contributed by atoms with E-state index >= 15 is 0 Å². The van der Waals surface area contributed by atoms with Gasteiger partial charge in [-0.3, -0.25) is 0 Å². The Morgan fingerprint density at radius 3 is 2.33 bits per heavy atom. The minimum Gasteiger partial charge on any atom is -0.476 e. The average Bonchev–Trinajstić information content (AvgIpc) is 2.77. The van der Waals surface area contributed by atoms with Crippen molar-refractivity contribution in [1.82, 2.24) is 4.98 Å². The quantitative estimate of drug-likeness (QED) is 0.910. The molecule has 0 aliphatic rings. The highest BCUT2D eigenvalue weighted by atomic mass is 32.1. The molecular formula is C11H6F3NO2S. The van der Waals surface area contributed by atoms with Crippen molar-refractivity contribution in [2.24, 2.45) is 0 Å². The van der Waals surface area contributed by atoms with E-state index in [-0.39, 0.29) is 5.69 Å². The zero-order valence-electron chi connectivity index (χ0n) is 8.73. The molecule has 0 unspecified atom stereocenters. The van der Waals surface area contributed by atoms with Gasteiger partial charge in [0, 0.05) is 0 Å². The maximum absolute atomic E-state index is 12.4. The van der Waals surface area contributed by atoms with Gasteiger partial charge in [0.05, 0.1) is 16.0 Å². The molecule has 0 aliphatic carbocycles. The van der Waals surface area contributed by atoms with Gasteiger partial charge in [0.15, 0.2) is 5.69 Å². The summed E-state index contributed by atoms with van der Waals surface area (Å²) in [7, 11) is 0. The number of hydrogen-bond donors (Lipinski definition) is 1. The summed E-state index contributed by atoms with van der Waals surface area (Å²) in [4.78, 5) is 14.9. The van der Waals surface area contributed by atoms with Crippen LogP contribution in [-0.2, 0) is 6.18 Å². The van der Waals surface area contributed by atoms with Crippen molar-refractivity contribution in [3.63, 3.8) is 0 Å². The van der Waals surface area contributed by atoms with Crippen LogP contribution in [0.15, 0.2) is 29.8 Å². The van der Waals surface area contributed by atoms with Crippen molar-refractivity contribution >= 4 is 17.3 Å². The highest BCUT2D eigenvalue weighted by molar-refractivity contribution is 7.13. The average molecular weight is 273 g/mol. The van der Waals surface area contributed by atoms with Crippen LogP contribution in [0.3, 0.4) is 0 Å². The SMILES string of the molecule is O=C(O)c1ncsc1-c1ccc(C(F)(F)F)cc1. The standard InChI is InChI=1S/C11H6F3NO2S/c12-11(13,14)7-3-1-6(2-4-7)9-8(10(16)17)15-5-18-9/h1-5H,(H,16,17). The van der Waals surface area contributed by atoms with Gasteiger partial charge in [-0.15, -0.1) is 11.3 Å². The summed E-state index contributed by atoms with van der Waals surface area (Å²) >= 11 is 1.07. The molecule has 0 radical (unpaired) electrons. The van der Waals surface area contributed by atoms with Crippen LogP contribution in [0, 0.1) is 0 Å².